The van der Waals surface area contributed by atoms with E-state index in [9.17, 15) is 19.8 Å². The van der Waals surface area contributed by atoms with Crippen molar-refractivity contribution in [2.75, 3.05) is 64.4 Å². The van der Waals surface area contributed by atoms with Crippen molar-refractivity contribution in [3.05, 3.63) is 23.3 Å². The Bertz CT molecular complexity index is 3200. The van der Waals surface area contributed by atoms with Crippen LogP contribution in [0.2, 0.25) is 0 Å². The van der Waals surface area contributed by atoms with Crippen molar-refractivity contribution in [2.24, 2.45) is 143 Å². The largest absolute Gasteiger partial charge is 0.481 e. The Hall–Kier alpha value is -4.08. The van der Waals surface area contributed by atoms with Crippen LogP contribution in [0.15, 0.2) is 23.3 Å². The number of aromatic nitrogens is 8. The van der Waals surface area contributed by atoms with E-state index in [0.29, 0.717) is 97.5 Å². The molecular weight excluding hydrogens is 1220 g/mol. The third kappa shape index (κ3) is 11.7. The van der Waals surface area contributed by atoms with Crippen LogP contribution in [0.1, 0.15) is 228 Å². The molecule has 6 saturated carbocycles. The number of ether oxygens (including phenoxy) is 4. The maximum Gasteiger partial charge on any atom is 0.307 e. The van der Waals surface area contributed by atoms with Crippen molar-refractivity contribution >= 4 is 23.8 Å². The summed E-state index contributed by atoms with van der Waals surface area (Å²) >= 11 is 0. The number of fused-ring (bicyclic) bond motifs is 6. The number of H-pyrrole nitrogens is 1. The Morgan fingerprint density at radius 2 is 1.06 bits per heavy atom. The highest BCUT2D eigenvalue weighted by atomic mass is 16.5. The van der Waals surface area contributed by atoms with E-state index >= 15 is 0 Å². The third-order valence-corrected chi connectivity index (χ3v) is 31.8. The van der Waals surface area contributed by atoms with Gasteiger partial charge in [-0.3, -0.25) is 9.59 Å². The lowest BCUT2D eigenvalue weighted by molar-refractivity contribution is -0.253. The molecule has 0 amide bonds. The molecule has 0 aromatic carbocycles. The summed E-state index contributed by atoms with van der Waals surface area (Å²) in [5.74, 6) is 3.17. The van der Waals surface area contributed by atoms with Gasteiger partial charge in [-0.2, -0.15) is 10.0 Å². The second kappa shape index (κ2) is 26.3. The van der Waals surface area contributed by atoms with Gasteiger partial charge in [0.1, 0.15) is 6.04 Å². The molecule has 24 atom stereocenters. The lowest BCUT2D eigenvalue weighted by atomic mass is 9.34. The molecule has 12 rings (SSSR count). The third-order valence-electron chi connectivity index (χ3n) is 31.8. The second-order valence-electron chi connectivity index (χ2n) is 37.6. The second-order valence-corrected chi connectivity index (χ2v) is 37.6. The van der Waals surface area contributed by atoms with Gasteiger partial charge in [0.25, 0.3) is 11.9 Å². The lowest BCUT2D eigenvalue weighted by Gasteiger charge is -2.71. The number of nitrogens with two attached hydrogens (primary N) is 2. The zero-order valence-corrected chi connectivity index (χ0v) is 64.2. The lowest BCUT2D eigenvalue weighted by Crippen LogP contribution is -2.69. The van der Waals surface area contributed by atoms with Gasteiger partial charge in [-0.05, 0) is 199 Å². The summed E-state index contributed by atoms with van der Waals surface area (Å²) < 4.78 is 27.1. The van der Waals surface area contributed by atoms with Crippen LogP contribution < -0.4 is 22.1 Å². The SMILES string of the molecule is CC(C)[C@@H](C)[C@@]1(C)CC[C@]2(C)[C@H]3CC[C@@H]4[C@@]5(COC[C@]4(C)[C@@H](OCC(C)(N)C(C)C)[C@H](C)C5)C3=CC[C@@]2(C)[C@@H]1C(=O)O.CNc1nn[nH]n1.CNc1nnn([C@@H]2C[C@@]34COC[C@@](C)([C@@H]3CC[C@H]3C4=CC[C@@]4(C)[C@H](C(=O)O)[C@@](C)([C@H](C)C(C)C)CC[C@]34C)[C@H]2OCC(C)(N)C(C)C)n1. The average Bonchev–Trinajstić information content (AvgIpc) is 0.872. The summed E-state index contributed by atoms with van der Waals surface area (Å²) in [4.78, 5) is 28.5. The summed E-state index contributed by atoms with van der Waals surface area (Å²) in [6, 6.07) is -0.151. The minimum absolute atomic E-state index is 0.0221. The van der Waals surface area contributed by atoms with Gasteiger partial charge in [-0.25, -0.2) is 0 Å². The molecule has 8 aliphatic carbocycles. The predicted molar refractivity (Wildman–Crippen MR) is 381 cm³/mol. The number of rotatable bonds is 17. The maximum atomic E-state index is 13.4. The van der Waals surface area contributed by atoms with E-state index in [0.717, 1.165) is 83.8 Å². The van der Waals surface area contributed by atoms with Crippen LogP contribution in [0.25, 0.3) is 0 Å². The van der Waals surface area contributed by atoms with Crippen LogP contribution in [0.3, 0.4) is 0 Å². The molecule has 9 N–H and O–H groups in total. The number of aromatic amines is 1. The van der Waals surface area contributed by atoms with Crippen molar-refractivity contribution in [1.29, 1.82) is 0 Å². The fourth-order valence-corrected chi connectivity index (χ4v) is 24.1. The molecule has 0 spiro atoms. The van der Waals surface area contributed by atoms with E-state index in [1.165, 1.54) is 12.0 Å². The Labute approximate surface area is 582 Å². The molecule has 2 unspecified atom stereocenters. The van der Waals surface area contributed by atoms with E-state index < -0.39 is 23.4 Å². The van der Waals surface area contributed by atoms with E-state index in [1.54, 1.807) is 17.4 Å². The summed E-state index contributed by atoms with van der Waals surface area (Å²) in [6.07, 6.45) is 17.0. The molecule has 20 heteroatoms. The summed E-state index contributed by atoms with van der Waals surface area (Å²) in [6.45, 7) is 51.6. The molecule has 20 nitrogen and oxygen atoms in total. The monoisotopic (exact) mass is 1350 g/mol. The minimum atomic E-state index is -0.626. The number of nitrogens with zero attached hydrogens (tertiary/aromatic N) is 7. The van der Waals surface area contributed by atoms with E-state index in [4.69, 9.17) is 35.5 Å². The van der Waals surface area contributed by atoms with Crippen LogP contribution in [-0.2, 0) is 28.5 Å². The van der Waals surface area contributed by atoms with Crippen LogP contribution in [0, 0.1) is 131 Å². The van der Waals surface area contributed by atoms with Crippen LogP contribution in [0.5, 0.6) is 0 Å². The number of hydrogen-bond donors (Lipinski definition) is 7. The van der Waals surface area contributed by atoms with Gasteiger partial charge in [0.15, 0.2) is 0 Å². The first-order valence-corrected chi connectivity index (χ1v) is 37.8. The van der Waals surface area contributed by atoms with Gasteiger partial charge in [0.05, 0.1) is 63.7 Å². The number of tetrazole rings is 2. The molecule has 2 aromatic rings. The smallest absolute Gasteiger partial charge is 0.307 e. The Kier molecular flexibility index (Phi) is 20.5. The van der Waals surface area contributed by atoms with Gasteiger partial charge < -0.3 is 51.3 Å². The number of allylic oxidation sites excluding steroid dienone is 2. The fraction of sp³-hybridized carbons (Fsp3) is 0.896. The van der Waals surface area contributed by atoms with Gasteiger partial charge >= 0.3 is 11.9 Å². The topological polar surface area (TPSA) is 286 Å². The number of anilines is 2. The number of carboxylic acids is 2. The Morgan fingerprint density at radius 3 is 1.44 bits per heavy atom. The Balaban J connectivity index is 0.000000192. The highest BCUT2D eigenvalue weighted by Crippen LogP contribution is 2.78. The normalized spacial score (nSPS) is 43.7. The maximum absolute atomic E-state index is 13.4. The molecule has 4 heterocycles. The first-order valence-electron chi connectivity index (χ1n) is 37.8. The molecule has 2 aromatic heterocycles. The van der Waals surface area contributed by atoms with E-state index in [1.807, 2.05) is 7.05 Å². The van der Waals surface area contributed by atoms with Crippen molar-refractivity contribution in [3.63, 3.8) is 0 Å². The average molecular weight is 1350 g/mol. The predicted octanol–water partition coefficient (Wildman–Crippen LogP) is 13.8. The molecular formula is C77H132N12O8. The first kappa shape index (κ1) is 75.6. The number of carboxylic acid groups (broad SMARTS) is 2. The van der Waals surface area contributed by atoms with Crippen LogP contribution in [0.4, 0.5) is 11.9 Å². The van der Waals surface area contributed by atoms with E-state index in [2.05, 4.69) is 199 Å². The molecule has 2 saturated heterocycles. The fourth-order valence-electron chi connectivity index (χ4n) is 24.1. The zero-order chi connectivity index (χ0) is 71.6. The van der Waals surface area contributed by atoms with Gasteiger partial charge in [-0.15, -0.1) is 10.2 Å². The Morgan fingerprint density at radius 1 is 0.629 bits per heavy atom. The standard InChI is InChI=1S/C38H64N6O4.C37H63NO4.C2H5N5/c1-22(2)24(5)33(6)16-17-35(8)25-12-13-28-34(7)19-47-21-38(28,26(25)14-15-36(35,9)29(33)31(45)46)18-27(44-42-32(40-11)41-43-44)30(34)48-20-37(10,39)23(3)4;1-22(2)25(6)32(7)16-17-34(9)26-12-13-28-33(8)19-41-21-37(28,27(26)14-15-35(34,10)29(32)31(39)40)18-24(5)30(33)42-20-36(11,38)23(3)4;1-3-2-4-6-7-5-2/h14,22-25,27-30H,12-13,15-21,39H2,1-11H3,(H,40,42)(H,45,46);14,22-26,28-30H,12-13,15-21,38H2,1-11H3,(H,39,40);1H3,(H2,3,4,5,6,7)/t24-,25+,27-,28+,29-,30+,33-,34+,35-,36+,37?,38+;24-,25-,26+,28+,29-,30+,32-,33+,34-,35+,36?,37+;/m11./s1. The summed E-state index contributed by atoms with van der Waals surface area (Å²) in [5, 5.41) is 54.1. The van der Waals surface area contributed by atoms with Gasteiger partial charge in [0.2, 0.25) is 0 Å². The highest BCUT2D eigenvalue weighted by molar-refractivity contribution is 5.74. The number of carbonyl (C=O) groups is 2. The summed E-state index contributed by atoms with van der Waals surface area (Å²) in [5.41, 5.74) is 13.9. The minimum Gasteiger partial charge on any atom is -0.481 e. The van der Waals surface area contributed by atoms with Gasteiger partial charge in [-0.1, -0.05) is 165 Å². The van der Waals surface area contributed by atoms with Gasteiger partial charge in [0, 0.05) is 46.8 Å². The van der Waals surface area contributed by atoms with Crippen LogP contribution in [-0.4, -0.2) is 140 Å². The number of hydrogen-bond acceptors (Lipinski definition) is 16. The molecule has 548 valence electrons. The summed E-state index contributed by atoms with van der Waals surface area (Å²) in [7, 11) is 3.54. The first-order chi connectivity index (χ1) is 45.1. The zero-order valence-electron chi connectivity index (χ0n) is 64.2. The van der Waals surface area contributed by atoms with E-state index in [-0.39, 0.29) is 89.8 Å². The van der Waals surface area contributed by atoms with Crippen molar-refractivity contribution < 1.29 is 38.7 Å². The molecule has 2 aliphatic heterocycles. The molecule has 0 radical (unpaired) electrons. The molecule has 97 heavy (non-hydrogen) atoms. The molecule has 10 aliphatic rings. The van der Waals surface area contributed by atoms with Crippen molar-refractivity contribution in [1.82, 2.24) is 40.8 Å². The van der Waals surface area contributed by atoms with Crippen LogP contribution >= 0.6 is 0 Å². The quantitative estimate of drug-likeness (QED) is 0.0725. The number of nitrogens with one attached hydrogen (secondary N) is 3. The highest BCUT2D eigenvalue weighted by Gasteiger charge is 2.74. The van der Waals surface area contributed by atoms with Crippen molar-refractivity contribution in [2.45, 2.75) is 252 Å². The number of aliphatic carboxylic acids is 2. The molecule has 8 fully saturated rings. The van der Waals surface area contributed by atoms with Crippen molar-refractivity contribution in [3.8, 4) is 0 Å². The molecule has 4 bridgehead atoms.